The van der Waals surface area contributed by atoms with Gasteiger partial charge in [0.1, 0.15) is 5.82 Å². The lowest BCUT2D eigenvalue weighted by atomic mass is 9.76. The van der Waals surface area contributed by atoms with Gasteiger partial charge in [-0.15, -0.1) is 0 Å². The van der Waals surface area contributed by atoms with Gasteiger partial charge < -0.3 is 10.4 Å². The average Bonchev–Trinajstić information content (AvgIpc) is 2.36. The summed E-state index contributed by atoms with van der Waals surface area (Å²) >= 11 is 5.91. The molecule has 0 heterocycles. The molecule has 0 saturated heterocycles. The number of rotatable bonds is 5. The molecule has 0 bridgehead atoms. The zero-order chi connectivity index (χ0) is 14.7. The summed E-state index contributed by atoms with van der Waals surface area (Å²) in [6.45, 7) is 2.01. The van der Waals surface area contributed by atoms with Gasteiger partial charge in [-0.05, 0) is 42.9 Å². The minimum atomic E-state index is -0.408. The third kappa shape index (κ3) is 3.70. The van der Waals surface area contributed by atoms with Crippen LogP contribution in [0.3, 0.4) is 0 Å². The minimum Gasteiger partial charge on any atom is -0.393 e. The number of carbonyl (C=O) groups excluding carboxylic acids is 1. The smallest absolute Gasteiger partial charge is 0.224 e. The van der Waals surface area contributed by atoms with Crippen molar-refractivity contribution in [2.45, 2.75) is 44.8 Å². The number of amides is 1. The molecular formula is C15H19ClFNO2. The van der Waals surface area contributed by atoms with Crippen molar-refractivity contribution in [2.24, 2.45) is 5.92 Å². The fraction of sp³-hybridized carbons (Fsp3) is 0.533. The van der Waals surface area contributed by atoms with Crippen LogP contribution in [0.5, 0.6) is 0 Å². The lowest BCUT2D eigenvalue weighted by molar-refractivity contribution is -0.122. The number of hydrogen-bond acceptors (Lipinski definition) is 2. The maximum atomic E-state index is 12.9. The maximum absolute atomic E-state index is 12.9. The van der Waals surface area contributed by atoms with Crippen molar-refractivity contribution in [1.29, 1.82) is 0 Å². The van der Waals surface area contributed by atoms with Gasteiger partial charge in [-0.25, -0.2) is 4.39 Å². The van der Waals surface area contributed by atoms with E-state index in [-0.39, 0.29) is 29.5 Å². The predicted octanol–water partition coefficient (Wildman–Crippen LogP) is 2.69. The van der Waals surface area contributed by atoms with E-state index in [9.17, 15) is 14.3 Å². The van der Waals surface area contributed by atoms with Gasteiger partial charge in [0.15, 0.2) is 0 Å². The monoisotopic (exact) mass is 299 g/mol. The number of aliphatic hydroxyl groups is 1. The van der Waals surface area contributed by atoms with Gasteiger partial charge in [-0.1, -0.05) is 24.6 Å². The SMILES string of the molecule is CC[C@@H](NC(=O)Cc1ccc(F)cc1Cl)C1CC(O)C1. The van der Waals surface area contributed by atoms with Crippen molar-refractivity contribution in [3.05, 3.63) is 34.6 Å². The van der Waals surface area contributed by atoms with Crippen LogP contribution in [0.15, 0.2) is 18.2 Å². The van der Waals surface area contributed by atoms with Crippen molar-refractivity contribution < 1.29 is 14.3 Å². The number of halogens is 2. The Morgan fingerprint density at radius 2 is 2.25 bits per heavy atom. The molecule has 1 atom stereocenters. The number of hydrogen-bond donors (Lipinski definition) is 2. The van der Waals surface area contributed by atoms with E-state index in [1.807, 2.05) is 6.92 Å². The molecule has 1 fully saturated rings. The summed E-state index contributed by atoms with van der Waals surface area (Å²) in [6, 6.07) is 4.13. The molecule has 0 aliphatic heterocycles. The van der Waals surface area contributed by atoms with Gasteiger partial charge >= 0.3 is 0 Å². The van der Waals surface area contributed by atoms with Crippen LogP contribution in [0, 0.1) is 11.7 Å². The number of aliphatic hydroxyl groups excluding tert-OH is 1. The van der Waals surface area contributed by atoms with E-state index in [1.165, 1.54) is 18.2 Å². The molecule has 2 N–H and O–H groups in total. The molecule has 5 heteroatoms. The molecule has 0 aromatic heterocycles. The second-order valence-corrected chi connectivity index (χ2v) is 5.79. The van der Waals surface area contributed by atoms with Crippen LogP contribution in [-0.2, 0) is 11.2 Å². The van der Waals surface area contributed by atoms with Crippen LogP contribution < -0.4 is 5.32 Å². The Morgan fingerprint density at radius 3 is 2.80 bits per heavy atom. The van der Waals surface area contributed by atoms with Gasteiger partial charge in [0, 0.05) is 11.1 Å². The third-order valence-electron chi connectivity index (χ3n) is 3.87. The number of nitrogens with one attached hydrogen (secondary N) is 1. The quantitative estimate of drug-likeness (QED) is 0.878. The third-order valence-corrected chi connectivity index (χ3v) is 4.22. The second-order valence-electron chi connectivity index (χ2n) is 5.38. The Morgan fingerprint density at radius 1 is 1.55 bits per heavy atom. The maximum Gasteiger partial charge on any atom is 0.224 e. The normalized spacial score (nSPS) is 23.0. The molecule has 1 aromatic rings. The zero-order valence-electron chi connectivity index (χ0n) is 11.4. The van der Waals surface area contributed by atoms with Crippen LogP contribution in [0.1, 0.15) is 31.7 Å². The summed E-state index contributed by atoms with van der Waals surface area (Å²) in [5.41, 5.74) is 0.620. The topological polar surface area (TPSA) is 49.3 Å². The minimum absolute atomic E-state index is 0.0881. The van der Waals surface area contributed by atoms with E-state index in [0.29, 0.717) is 11.5 Å². The Kier molecular flexibility index (Phi) is 5.00. The summed E-state index contributed by atoms with van der Waals surface area (Å²) in [7, 11) is 0. The van der Waals surface area contributed by atoms with Gasteiger partial charge in [0.25, 0.3) is 0 Å². The Labute approximate surface area is 123 Å². The van der Waals surface area contributed by atoms with Crippen molar-refractivity contribution in [1.82, 2.24) is 5.32 Å². The molecule has 2 rings (SSSR count). The summed E-state index contributed by atoms with van der Waals surface area (Å²) in [5.74, 6) is -0.177. The van der Waals surface area contributed by atoms with Crippen LogP contribution >= 0.6 is 11.6 Å². The highest BCUT2D eigenvalue weighted by atomic mass is 35.5. The Bertz CT molecular complexity index is 489. The summed E-state index contributed by atoms with van der Waals surface area (Å²) in [6.07, 6.45) is 2.25. The van der Waals surface area contributed by atoms with E-state index >= 15 is 0 Å². The van der Waals surface area contributed by atoms with Crippen molar-refractivity contribution >= 4 is 17.5 Å². The van der Waals surface area contributed by atoms with Gasteiger partial charge in [0.2, 0.25) is 5.91 Å². The Hall–Kier alpha value is -1.13. The first-order valence-electron chi connectivity index (χ1n) is 6.91. The van der Waals surface area contributed by atoms with Crippen molar-refractivity contribution in [3.8, 4) is 0 Å². The van der Waals surface area contributed by atoms with Crippen LogP contribution in [0.2, 0.25) is 5.02 Å². The molecule has 3 nitrogen and oxygen atoms in total. The number of benzene rings is 1. The molecule has 1 aliphatic carbocycles. The van der Waals surface area contributed by atoms with Crippen LogP contribution in [0.4, 0.5) is 4.39 Å². The molecule has 1 saturated carbocycles. The fourth-order valence-electron chi connectivity index (χ4n) is 2.61. The van der Waals surface area contributed by atoms with E-state index in [4.69, 9.17) is 11.6 Å². The lowest BCUT2D eigenvalue weighted by Gasteiger charge is -2.37. The highest BCUT2D eigenvalue weighted by molar-refractivity contribution is 6.31. The molecule has 1 aromatic carbocycles. The summed E-state index contributed by atoms with van der Waals surface area (Å²) in [4.78, 5) is 12.0. The van der Waals surface area contributed by atoms with E-state index in [0.717, 1.165) is 19.3 Å². The molecule has 1 amide bonds. The summed E-state index contributed by atoms with van der Waals surface area (Å²) < 4.78 is 12.9. The standard InChI is InChI=1S/C15H19ClFNO2/c1-2-14(10-5-12(19)6-10)18-15(20)7-9-3-4-11(17)8-13(9)16/h3-4,8,10,12,14,19H,2,5-7H2,1H3,(H,18,20)/t10?,12?,14-/m1/s1. The first-order valence-corrected chi connectivity index (χ1v) is 7.28. The zero-order valence-corrected chi connectivity index (χ0v) is 12.2. The first-order chi connectivity index (χ1) is 9.49. The highest BCUT2D eigenvalue weighted by Crippen LogP contribution is 2.31. The number of carbonyl (C=O) groups is 1. The lowest BCUT2D eigenvalue weighted by Crippen LogP contribution is -2.47. The van der Waals surface area contributed by atoms with Gasteiger partial charge in [-0.3, -0.25) is 4.79 Å². The van der Waals surface area contributed by atoms with Gasteiger partial charge in [0.05, 0.1) is 12.5 Å². The van der Waals surface area contributed by atoms with Crippen LogP contribution in [-0.4, -0.2) is 23.2 Å². The second kappa shape index (κ2) is 6.55. The molecule has 1 aliphatic rings. The van der Waals surface area contributed by atoms with Crippen molar-refractivity contribution in [3.63, 3.8) is 0 Å². The Balaban J connectivity index is 1.91. The van der Waals surface area contributed by atoms with Crippen LogP contribution in [0.25, 0.3) is 0 Å². The van der Waals surface area contributed by atoms with E-state index < -0.39 is 5.82 Å². The molecule has 0 spiro atoms. The van der Waals surface area contributed by atoms with E-state index in [2.05, 4.69) is 5.32 Å². The summed E-state index contributed by atoms with van der Waals surface area (Å²) in [5, 5.41) is 12.6. The molecule has 110 valence electrons. The van der Waals surface area contributed by atoms with Crippen molar-refractivity contribution in [2.75, 3.05) is 0 Å². The first kappa shape index (κ1) is 15.3. The molecule has 20 heavy (non-hydrogen) atoms. The fourth-order valence-corrected chi connectivity index (χ4v) is 2.84. The predicted molar refractivity (Wildman–Crippen MR) is 76.1 cm³/mol. The average molecular weight is 300 g/mol. The highest BCUT2D eigenvalue weighted by Gasteiger charge is 2.33. The van der Waals surface area contributed by atoms with Gasteiger partial charge in [-0.2, -0.15) is 0 Å². The molecule has 0 unspecified atom stereocenters. The van der Waals surface area contributed by atoms with E-state index in [1.54, 1.807) is 0 Å². The molecule has 0 radical (unpaired) electrons. The molecular weight excluding hydrogens is 281 g/mol. The largest absolute Gasteiger partial charge is 0.393 e.